The van der Waals surface area contributed by atoms with Crippen LogP contribution in [0.5, 0.6) is 0 Å². The second-order valence-electron chi connectivity index (χ2n) is 5.51. The Hall–Kier alpha value is -2.88. The van der Waals surface area contributed by atoms with E-state index in [1.54, 1.807) is 31.3 Å². The molecule has 0 bridgehead atoms. The molecule has 28 heavy (non-hydrogen) atoms. The first-order chi connectivity index (χ1) is 13.3. The molecule has 0 unspecified atom stereocenters. The molecule has 11 heteroatoms. The highest BCUT2D eigenvalue weighted by molar-refractivity contribution is 6.29. The summed E-state index contributed by atoms with van der Waals surface area (Å²) in [6.07, 6.45) is -2.35. The monoisotopic (exact) mass is 415 g/mol. The zero-order chi connectivity index (χ0) is 20.6. The zero-order valence-corrected chi connectivity index (χ0v) is 15.5. The lowest BCUT2D eigenvalue weighted by molar-refractivity contribution is -0.0622. The Morgan fingerprint density at radius 1 is 1.32 bits per heavy atom. The predicted molar refractivity (Wildman–Crippen MR) is 96.6 cm³/mol. The summed E-state index contributed by atoms with van der Waals surface area (Å²) in [6.45, 7) is 2.23. The van der Waals surface area contributed by atoms with Crippen LogP contribution < -0.4 is 10.8 Å². The SMILES string of the molecule is CCCNC(=O)O/N=C(/N=c1\ccccn1Cc1ccc(Cl)nc1)C(F)(F)F. The van der Waals surface area contributed by atoms with Crippen molar-refractivity contribution in [2.75, 3.05) is 6.54 Å². The van der Waals surface area contributed by atoms with Crippen LogP contribution in [0.25, 0.3) is 0 Å². The molecule has 0 aliphatic rings. The maximum Gasteiger partial charge on any atom is 0.455 e. The van der Waals surface area contributed by atoms with E-state index in [1.807, 2.05) is 0 Å². The van der Waals surface area contributed by atoms with Gasteiger partial charge in [-0.3, -0.25) is 4.84 Å². The largest absolute Gasteiger partial charge is 0.455 e. The zero-order valence-electron chi connectivity index (χ0n) is 14.8. The molecule has 0 radical (unpaired) electrons. The molecule has 0 atom stereocenters. The summed E-state index contributed by atoms with van der Waals surface area (Å²) in [5.74, 6) is -1.59. The second-order valence-corrected chi connectivity index (χ2v) is 5.89. The first kappa shape index (κ1) is 21.4. The van der Waals surface area contributed by atoms with Gasteiger partial charge in [-0.25, -0.2) is 14.8 Å². The minimum Gasteiger partial charge on any atom is -0.328 e. The highest BCUT2D eigenvalue weighted by Gasteiger charge is 2.37. The van der Waals surface area contributed by atoms with Crippen molar-refractivity contribution in [1.82, 2.24) is 14.9 Å². The highest BCUT2D eigenvalue weighted by atomic mass is 35.5. The molecule has 0 fully saturated rings. The number of alkyl halides is 3. The fourth-order valence-electron chi connectivity index (χ4n) is 1.99. The number of carbonyl (C=O) groups excluding carboxylic acids is 1. The lowest BCUT2D eigenvalue weighted by atomic mass is 10.3. The number of aromatic nitrogens is 2. The summed E-state index contributed by atoms with van der Waals surface area (Å²) < 4.78 is 41.2. The van der Waals surface area contributed by atoms with Crippen LogP contribution in [-0.2, 0) is 11.4 Å². The standard InChI is InChI=1S/C17H17ClF3N5O2/c1-2-8-22-16(27)28-25-15(17(19,20)21)24-14-5-3-4-9-26(14)11-12-6-7-13(18)23-10-12/h3-7,9-10H,2,8,11H2,1H3,(H,22,27)/b24-14+,25-15+. The van der Waals surface area contributed by atoms with Gasteiger partial charge in [-0.15, -0.1) is 0 Å². The van der Waals surface area contributed by atoms with E-state index >= 15 is 0 Å². The fourth-order valence-corrected chi connectivity index (χ4v) is 2.10. The van der Waals surface area contributed by atoms with E-state index in [4.69, 9.17) is 11.6 Å². The lowest BCUT2D eigenvalue weighted by Gasteiger charge is -2.09. The minimum atomic E-state index is -4.92. The third kappa shape index (κ3) is 6.69. The molecule has 0 saturated carbocycles. The van der Waals surface area contributed by atoms with Crippen LogP contribution in [0.4, 0.5) is 18.0 Å². The number of nitrogens with zero attached hydrogens (tertiary/aromatic N) is 4. The van der Waals surface area contributed by atoms with E-state index < -0.39 is 18.1 Å². The maximum absolute atomic E-state index is 13.2. The number of halogens is 4. The van der Waals surface area contributed by atoms with E-state index in [9.17, 15) is 18.0 Å². The van der Waals surface area contributed by atoms with Crippen molar-refractivity contribution >= 4 is 23.5 Å². The van der Waals surface area contributed by atoms with Crippen LogP contribution in [0, 0.1) is 0 Å². The van der Waals surface area contributed by atoms with Crippen molar-refractivity contribution < 1.29 is 22.8 Å². The summed E-state index contributed by atoms with van der Waals surface area (Å²) in [5, 5.41) is 5.43. The van der Waals surface area contributed by atoms with Gasteiger partial charge in [-0.2, -0.15) is 13.2 Å². The molecule has 2 aromatic rings. The molecule has 0 spiro atoms. The third-order valence-electron chi connectivity index (χ3n) is 3.27. The number of hydrogen-bond acceptors (Lipinski definition) is 4. The van der Waals surface area contributed by atoms with Gasteiger partial charge in [-0.05, 0) is 35.3 Å². The Morgan fingerprint density at radius 3 is 2.75 bits per heavy atom. The number of oxime groups is 1. The number of pyridine rings is 2. The summed E-state index contributed by atoms with van der Waals surface area (Å²) in [7, 11) is 0. The molecule has 2 rings (SSSR count). The van der Waals surface area contributed by atoms with Gasteiger partial charge in [0.2, 0.25) is 0 Å². The van der Waals surface area contributed by atoms with Crippen LogP contribution in [0.3, 0.4) is 0 Å². The summed E-state index contributed by atoms with van der Waals surface area (Å²) >= 11 is 5.73. The van der Waals surface area contributed by atoms with Gasteiger partial charge in [0.15, 0.2) is 0 Å². The van der Waals surface area contributed by atoms with Crippen LogP contribution in [0.15, 0.2) is 52.9 Å². The van der Waals surface area contributed by atoms with Crippen molar-refractivity contribution in [1.29, 1.82) is 0 Å². The molecule has 0 aromatic carbocycles. The van der Waals surface area contributed by atoms with E-state index in [-0.39, 0.29) is 18.6 Å². The Kier molecular flexibility index (Phi) is 7.56. The number of amidine groups is 1. The molecular weight excluding hydrogens is 399 g/mol. The van der Waals surface area contributed by atoms with Gasteiger partial charge in [0.1, 0.15) is 10.6 Å². The lowest BCUT2D eigenvalue weighted by Crippen LogP contribution is -2.29. The summed E-state index contributed by atoms with van der Waals surface area (Å²) in [5.41, 5.74) is 0.670. The fraction of sp³-hybridized carbons (Fsp3) is 0.294. The van der Waals surface area contributed by atoms with Crippen LogP contribution in [0.2, 0.25) is 5.15 Å². The average molecular weight is 416 g/mol. The molecule has 2 aromatic heterocycles. The Balaban J connectivity index is 2.33. The quantitative estimate of drug-likeness (QED) is 0.267. The summed E-state index contributed by atoms with van der Waals surface area (Å²) in [6, 6.07) is 7.81. The van der Waals surface area contributed by atoms with Crippen molar-refractivity contribution in [3.05, 3.63) is 58.9 Å². The maximum atomic E-state index is 13.2. The van der Waals surface area contributed by atoms with E-state index in [1.165, 1.54) is 22.9 Å². The number of amides is 1. The minimum absolute atomic E-state index is 0.0360. The molecular formula is C17H17ClF3N5O2. The van der Waals surface area contributed by atoms with E-state index in [0.29, 0.717) is 17.1 Å². The van der Waals surface area contributed by atoms with Crippen molar-refractivity contribution in [2.24, 2.45) is 10.1 Å². The van der Waals surface area contributed by atoms with Gasteiger partial charge in [0.25, 0.3) is 5.84 Å². The van der Waals surface area contributed by atoms with Crippen LogP contribution in [0.1, 0.15) is 18.9 Å². The van der Waals surface area contributed by atoms with Crippen LogP contribution >= 0.6 is 11.6 Å². The van der Waals surface area contributed by atoms with E-state index in [0.717, 1.165) is 0 Å². The van der Waals surface area contributed by atoms with Gasteiger partial charge in [0.05, 0.1) is 6.54 Å². The molecule has 1 amide bonds. The third-order valence-corrected chi connectivity index (χ3v) is 3.49. The van der Waals surface area contributed by atoms with Gasteiger partial charge >= 0.3 is 12.3 Å². The van der Waals surface area contributed by atoms with Crippen molar-refractivity contribution in [2.45, 2.75) is 26.1 Å². The first-order valence-electron chi connectivity index (χ1n) is 8.20. The average Bonchev–Trinajstić information content (AvgIpc) is 2.65. The van der Waals surface area contributed by atoms with Crippen molar-refractivity contribution in [3.63, 3.8) is 0 Å². The van der Waals surface area contributed by atoms with E-state index in [2.05, 4.69) is 25.3 Å². The molecule has 150 valence electrons. The topological polar surface area (TPSA) is 80.9 Å². The number of hydrogen-bond donors (Lipinski definition) is 1. The Morgan fingerprint density at radius 2 is 2.11 bits per heavy atom. The first-order valence-corrected chi connectivity index (χ1v) is 8.58. The number of nitrogens with one attached hydrogen (secondary N) is 1. The number of carbonyl (C=O) groups is 1. The Labute approximate surface area is 163 Å². The van der Waals surface area contributed by atoms with Gasteiger partial charge < -0.3 is 9.88 Å². The van der Waals surface area contributed by atoms with Crippen molar-refractivity contribution in [3.8, 4) is 0 Å². The predicted octanol–water partition coefficient (Wildman–Crippen LogP) is 3.50. The highest BCUT2D eigenvalue weighted by Crippen LogP contribution is 2.18. The molecule has 2 heterocycles. The molecule has 7 nitrogen and oxygen atoms in total. The summed E-state index contributed by atoms with van der Waals surface area (Å²) in [4.78, 5) is 23.1. The van der Waals surface area contributed by atoms with Gasteiger partial charge in [-0.1, -0.05) is 30.7 Å². The molecule has 0 saturated heterocycles. The molecule has 1 N–H and O–H groups in total. The van der Waals surface area contributed by atoms with Gasteiger partial charge in [0, 0.05) is 18.9 Å². The molecule has 0 aliphatic carbocycles. The number of rotatable bonds is 5. The molecule has 0 aliphatic heterocycles. The second kappa shape index (κ2) is 9.88. The Bertz CT molecular complexity index is 895. The van der Waals surface area contributed by atoms with Crippen LogP contribution in [-0.4, -0.2) is 34.2 Å². The normalized spacial score (nSPS) is 12.8. The smallest absolute Gasteiger partial charge is 0.328 e.